The van der Waals surface area contributed by atoms with E-state index in [2.05, 4.69) is 15.3 Å². The number of nitrogens with zero attached hydrogens (tertiary/aromatic N) is 2. The molecule has 0 spiro atoms. The van der Waals surface area contributed by atoms with Gasteiger partial charge in [0.25, 0.3) is 0 Å². The van der Waals surface area contributed by atoms with E-state index in [9.17, 15) is 18.0 Å². The largest absolute Gasteiger partial charge is 0.453 e. The van der Waals surface area contributed by atoms with Gasteiger partial charge in [-0.3, -0.25) is 20.1 Å². The van der Waals surface area contributed by atoms with E-state index in [1.165, 1.54) is 23.5 Å². The Kier molecular flexibility index (Phi) is 9.03. The molecule has 210 valence electrons. The molecule has 0 amide bonds. The van der Waals surface area contributed by atoms with Gasteiger partial charge in [0.05, 0.1) is 27.5 Å². The Morgan fingerprint density at radius 1 is 0.902 bits per heavy atom. The lowest BCUT2D eigenvalue weighted by molar-refractivity contribution is -0.117. The average molecular weight is 578 g/mol. The fraction of sp³-hybridized carbons (Fsp3) is 0.194. The number of fused-ring (bicyclic) bond motifs is 1. The van der Waals surface area contributed by atoms with Crippen LogP contribution in [0, 0.1) is 17.5 Å². The average Bonchev–Trinajstić information content (AvgIpc) is 3.40. The first kappa shape index (κ1) is 28.4. The number of rotatable bonds is 12. The zero-order valence-corrected chi connectivity index (χ0v) is 22.9. The summed E-state index contributed by atoms with van der Waals surface area (Å²) in [4.78, 5) is 22.3. The number of carbonyl (C=O) groups is 1. The van der Waals surface area contributed by atoms with Gasteiger partial charge in [-0.1, -0.05) is 12.1 Å². The minimum absolute atomic E-state index is 0.0122. The lowest BCUT2D eigenvalue weighted by atomic mass is 10.0. The molecule has 0 aliphatic carbocycles. The summed E-state index contributed by atoms with van der Waals surface area (Å²) in [6, 6.07) is 14.7. The highest BCUT2D eigenvalue weighted by molar-refractivity contribution is 7.22. The Balaban J connectivity index is 1.27. The summed E-state index contributed by atoms with van der Waals surface area (Å²) < 4.78 is 54.2. The zero-order chi connectivity index (χ0) is 28.8. The quantitative estimate of drug-likeness (QED) is 0.127. The van der Waals surface area contributed by atoms with Gasteiger partial charge in [-0.2, -0.15) is 0 Å². The van der Waals surface area contributed by atoms with Crippen LogP contribution in [0.15, 0.2) is 73.1 Å². The summed E-state index contributed by atoms with van der Waals surface area (Å²) in [6.45, 7) is 3.71. The molecule has 0 fully saturated rings. The summed E-state index contributed by atoms with van der Waals surface area (Å²) in [5.74, 6) is -1.87. The van der Waals surface area contributed by atoms with E-state index in [0.717, 1.165) is 39.0 Å². The van der Waals surface area contributed by atoms with Crippen LogP contribution in [0.2, 0.25) is 0 Å². The monoisotopic (exact) mass is 577 g/mol. The van der Waals surface area contributed by atoms with E-state index in [1.807, 2.05) is 25.1 Å². The van der Waals surface area contributed by atoms with Gasteiger partial charge in [-0.15, -0.1) is 11.3 Å². The fourth-order valence-corrected chi connectivity index (χ4v) is 5.25. The molecule has 0 bridgehead atoms. The molecule has 0 aliphatic rings. The second kappa shape index (κ2) is 13.0. The van der Waals surface area contributed by atoms with Crippen LogP contribution >= 0.6 is 11.3 Å². The Hall–Kier alpha value is -4.12. The molecule has 1 N–H and O–H groups in total. The van der Waals surface area contributed by atoms with E-state index < -0.39 is 17.5 Å². The van der Waals surface area contributed by atoms with Crippen LogP contribution in [0.4, 0.5) is 13.2 Å². The zero-order valence-electron chi connectivity index (χ0n) is 22.1. The van der Waals surface area contributed by atoms with Gasteiger partial charge in [-0.25, -0.2) is 13.2 Å². The SMILES string of the molecule is CCOCNCc1ccc(-c2cc3nccc(Oc4ccc(CC(=O)Cc5cc(F)ccc5F)cc4F)c3s2)nc1. The maximum Gasteiger partial charge on any atom is 0.166 e. The van der Waals surface area contributed by atoms with E-state index in [-0.39, 0.29) is 29.9 Å². The lowest BCUT2D eigenvalue weighted by Gasteiger charge is -2.09. The molecule has 5 aromatic rings. The van der Waals surface area contributed by atoms with E-state index >= 15 is 0 Å². The highest BCUT2D eigenvalue weighted by Gasteiger charge is 2.15. The topological polar surface area (TPSA) is 73.3 Å². The fourth-order valence-electron chi connectivity index (χ4n) is 4.20. The van der Waals surface area contributed by atoms with Crippen LogP contribution in [-0.4, -0.2) is 29.1 Å². The molecule has 6 nitrogen and oxygen atoms in total. The molecule has 2 aromatic carbocycles. The molecule has 10 heteroatoms. The van der Waals surface area contributed by atoms with Crippen LogP contribution in [-0.2, 0) is 28.9 Å². The summed E-state index contributed by atoms with van der Waals surface area (Å²) in [5, 5.41) is 3.19. The number of benzene rings is 2. The highest BCUT2D eigenvalue weighted by Crippen LogP contribution is 2.39. The molecular weight excluding hydrogens is 551 g/mol. The first-order chi connectivity index (χ1) is 19.9. The van der Waals surface area contributed by atoms with Crippen LogP contribution in [0.1, 0.15) is 23.6 Å². The Labute approximate surface area is 238 Å². The lowest BCUT2D eigenvalue weighted by Crippen LogP contribution is -2.17. The summed E-state index contributed by atoms with van der Waals surface area (Å²) >= 11 is 1.44. The summed E-state index contributed by atoms with van der Waals surface area (Å²) in [7, 11) is 0. The number of halogens is 3. The van der Waals surface area contributed by atoms with E-state index in [0.29, 0.717) is 36.7 Å². The smallest absolute Gasteiger partial charge is 0.166 e. The number of hydrogen-bond donors (Lipinski definition) is 1. The van der Waals surface area contributed by atoms with Crippen LogP contribution in [0.3, 0.4) is 0 Å². The molecule has 0 atom stereocenters. The van der Waals surface area contributed by atoms with Gasteiger partial charge in [-0.05, 0) is 66.1 Å². The number of ether oxygens (including phenoxy) is 2. The van der Waals surface area contributed by atoms with Crippen molar-refractivity contribution in [3.8, 4) is 22.1 Å². The second-order valence-corrected chi connectivity index (χ2v) is 10.3. The molecule has 0 saturated heterocycles. The molecule has 3 aromatic heterocycles. The molecule has 0 radical (unpaired) electrons. The van der Waals surface area contributed by atoms with Crippen molar-refractivity contribution in [3.05, 3.63) is 107 Å². The molecule has 0 saturated carbocycles. The number of ketones is 1. The molecule has 3 heterocycles. The van der Waals surface area contributed by atoms with Crippen LogP contribution in [0.5, 0.6) is 11.5 Å². The molecule has 0 aliphatic heterocycles. The number of Topliss-reactive ketones (excluding diaryl/α,β-unsaturated/α-hetero) is 1. The third-order valence-electron chi connectivity index (χ3n) is 6.20. The van der Waals surface area contributed by atoms with Crippen LogP contribution in [0.25, 0.3) is 20.8 Å². The van der Waals surface area contributed by atoms with Crippen molar-refractivity contribution in [2.75, 3.05) is 13.3 Å². The van der Waals surface area contributed by atoms with Gasteiger partial charge >= 0.3 is 0 Å². The Morgan fingerprint density at radius 2 is 1.76 bits per heavy atom. The van der Waals surface area contributed by atoms with Crippen molar-refractivity contribution in [2.45, 2.75) is 26.3 Å². The highest BCUT2D eigenvalue weighted by atomic mass is 32.1. The molecule has 41 heavy (non-hydrogen) atoms. The third-order valence-corrected chi connectivity index (χ3v) is 7.36. The Bertz CT molecular complexity index is 1680. The first-order valence-electron chi connectivity index (χ1n) is 12.9. The summed E-state index contributed by atoms with van der Waals surface area (Å²) in [6.07, 6.45) is 2.97. The third kappa shape index (κ3) is 7.15. The van der Waals surface area contributed by atoms with Crippen molar-refractivity contribution in [1.29, 1.82) is 0 Å². The second-order valence-electron chi connectivity index (χ2n) is 9.24. The summed E-state index contributed by atoms with van der Waals surface area (Å²) in [5.41, 5.74) is 2.87. The maximum atomic E-state index is 15.0. The number of thiophene rings is 1. The predicted molar refractivity (Wildman–Crippen MR) is 151 cm³/mol. The van der Waals surface area contributed by atoms with Crippen molar-refractivity contribution in [2.24, 2.45) is 0 Å². The van der Waals surface area contributed by atoms with Crippen molar-refractivity contribution in [3.63, 3.8) is 0 Å². The van der Waals surface area contributed by atoms with E-state index in [1.54, 1.807) is 24.5 Å². The van der Waals surface area contributed by atoms with Crippen LogP contribution < -0.4 is 10.1 Å². The van der Waals surface area contributed by atoms with Crippen molar-refractivity contribution in [1.82, 2.24) is 15.3 Å². The van der Waals surface area contributed by atoms with Gasteiger partial charge in [0.1, 0.15) is 23.2 Å². The minimum Gasteiger partial charge on any atom is -0.453 e. The van der Waals surface area contributed by atoms with E-state index in [4.69, 9.17) is 9.47 Å². The van der Waals surface area contributed by atoms with Gasteiger partial charge in [0.2, 0.25) is 0 Å². The predicted octanol–water partition coefficient (Wildman–Crippen LogP) is 7.01. The van der Waals surface area contributed by atoms with Crippen molar-refractivity contribution >= 4 is 27.3 Å². The molecular formula is C31H26F3N3O3S. The van der Waals surface area contributed by atoms with Gasteiger partial charge < -0.3 is 9.47 Å². The minimum atomic E-state index is -0.659. The van der Waals surface area contributed by atoms with Gasteiger partial charge in [0.15, 0.2) is 11.6 Å². The number of nitrogens with one attached hydrogen (secondary N) is 1. The maximum absolute atomic E-state index is 15.0. The number of carbonyl (C=O) groups excluding carboxylic acids is 1. The molecule has 5 rings (SSSR count). The normalized spacial score (nSPS) is 11.2. The number of pyridine rings is 2. The van der Waals surface area contributed by atoms with Gasteiger partial charge in [0, 0.05) is 44.5 Å². The number of aromatic nitrogens is 2. The van der Waals surface area contributed by atoms with Crippen molar-refractivity contribution < 1.29 is 27.4 Å². The molecule has 0 unspecified atom stereocenters. The first-order valence-corrected chi connectivity index (χ1v) is 13.8. The standard InChI is InChI=1S/C31H26F3N3O3S/c1-2-39-18-35-16-20-3-7-26(37-17-20)30-15-27-31(41-30)29(9-10-36-27)40-28-8-4-19(12-25(28)34)11-23(38)14-21-13-22(32)5-6-24(21)33/h3-10,12-13,15,17,35H,2,11,14,16,18H2,1H3. The number of hydrogen-bond acceptors (Lipinski definition) is 7. The Morgan fingerprint density at radius 3 is 2.54 bits per heavy atom.